The van der Waals surface area contributed by atoms with Crippen molar-refractivity contribution in [3.05, 3.63) is 10.6 Å². The van der Waals surface area contributed by atoms with Crippen molar-refractivity contribution in [2.75, 3.05) is 31.7 Å². The first-order chi connectivity index (χ1) is 9.28. The lowest BCUT2D eigenvalue weighted by atomic mass is 9.99. The predicted molar refractivity (Wildman–Crippen MR) is 78.3 cm³/mol. The van der Waals surface area contributed by atoms with Gasteiger partial charge in [0.05, 0.1) is 17.2 Å². The van der Waals surface area contributed by atoms with Crippen LogP contribution in [0.25, 0.3) is 0 Å². The maximum absolute atomic E-state index is 11.1. The second kappa shape index (κ2) is 7.01. The van der Waals surface area contributed by atoms with Crippen molar-refractivity contribution < 1.29 is 9.53 Å². The third-order valence-electron chi connectivity index (χ3n) is 3.50. The molecule has 0 amide bonds. The summed E-state index contributed by atoms with van der Waals surface area (Å²) in [6, 6.07) is 0. The lowest BCUT2D eigenvalue weighted by molar-refractivity contribution is 0.112. The fourth-order valence-corrected chi connectivity index (χ4v) is 3.57. The topological polar surface area (TPSA) is 42.4 Å². The van der Waals surface area contributed by atoms with Crippen molar-refractivity contribution in [1.82, 2.24) is 4.98 Å². The standard InChI is InChI=1S/C14H22N2O2S/c1-3-5-12-13(9-17)19-14(15-12)16-7-4-6-11(8-16)10-18-2/h9,11H,3-8,10H2,1-2H3. The molecular formula is C14H22N2O2S. The van der Waals surface area contributed by atoms with Gasteiger partial charge in [0.1, 0.15) is 0 Å². The number of hydrogen-bond donors (Lipinski definition) is 0. The highest BCUT2D eigenvalue weighted by molar-refractivity contribution is 7.17. The number of aldehydes is 1. The molecule has 1 aliphatic heterocycles. The fraction of sp³-hybridized carbons (Fsp3) is 0.714. The average molecular weight is 282 g/mol. The molecule has 2 rings (SSSR count). The Bertz CT molecular complexity index is 418. The summed E-state index contributed by atoms with van der Waals surface area (Å²) in [7, 11) is 1.76. The van der Waals surface area contributed by atoms with Crippen molar-refractivity contribution in [2.24, 2.45) is 5.92 Å². The number of anilines is 1. The minimum absolute atomic E-state index is 0.581. The number of piperidine rings is 1. The SMILES string of the molecule is CCCc1nc(N2CCCC(COC)C2)sc1C=O. The number of nitrogens with zero attached hydrogens (tertiary/aromatic N) is 2. The molecule has 0 saturated carbocycles. The molecule has 0 radical (unpaired) electrons. The molecule has 1 unspecified atom stereocenters. The molecule has 1 fully saturated rings. The molecule has 0 N–H and O–H groups in total. The largest absolute Gasteiger partial charge is 0.384 e. The van der Waals surface area contributed by atoms with Crippen LogP contribution in [-0.4, -0.2) is 38.1 Å². The summed E-state index contributed by atoms with van der Waals surface area (Å²) in [6.07, 6.45) is 5.25. The number of carbonyl (C=O) groups excluding carboxylic acids is 1. The monoisotopic (exact) mass is 282 g/mol. The van der Waals surface area contributed by atoms with E-state index in [0.717, 1.165) is 54.5 Å². The summed E-state index contributed by atoms with van der Waals surface area (Å²) in [5.74, 6) is 0.581. The maximum atomic E-state index is 11.1. The normalized spacial score (nSPS) is 19.7. The summed E-state index contributed by atoms with van der Waals surface area (Å²) in [5.41, 5.74) is 0.964. The number of aromatic nitrogens is 1. The lowest BCUT2D eigenvalue weighted by Gasteiger charge is -2.32. The summed E-state index contributed by atoms with van der Waals surface area (Å²) in [6.45, 7) is 4.95. The fourth-order valence-electron chi connectivity index (χ4n) is 2.60. The zero-order valence-electron chi connectivity index (χ0n) is 11.7. The Morgan fingerprint density at radius 1 is 1.58 bits per heavy atom. The zero-order valence-corrected chi connectivity index (χ0v) is 12.5. The second-order valence-corrected chi connectivity index (χ2v) is 6.09. The summed E-state index contributed by atoms with van der Waals surface area (Å²) in [5, 5.41) is 1.01. The third kappa shape index (κ3) is 3.54. The number of hydrogen-bond acceptors (Lipinski definition) is 5. The number of methoxy groups -OCH3 is 1. The number of aryl methyl sites for hydroxylation is 1. The number of thiazole rings is 1. The lowest BCUT2D eigenvalue weighted by Crippen LogP contribution is -2.37. The van der Waals surface area contributed by atoms with Gasteiger partial charge in [0.15, 0.2) is 11.4 Å². The molecule has 1 atom stereocenters. The van der Waals surface area contributed by atoms with Crippen molar-refractivity contribution in [1.29, 1.82) is 0 Å². The Balaban J connectivity index is 2.10. The van der Waals surface area contributed by atoms with E-state index in [2.05, 4.69) is 16.8 Å². The van der Waals surface area contributed by atoms with E-state index in [1.165, 1.54) is 24.2 Å². The molecule has 1 aliphatic rings. The van der Waals surface area contributed by atoms with Crippen LogP contribution in [0.4, 0.5) is 5.13 Å². The van der Waals surface area contributed by atoms with E-state index in [1.807, 2.05) is 0 Å². The average Bonchev–Trinajstić information content (AvgIpc) is 2.83. The Kier molecular flexibility index (Phi) is 5.34. The zero-order chi connectivity index (χ0) is 13.7. The summed E-state index contributed by atoms with van der Waals surface area (Å²) < 4.78 is 5.25. The molecule has 1 saturated heterocycles. The molecular weight excluding hydrogens is 260 g/mol. The van der Waals surface area contributed by atoms with Crippen LogP contribution in [0.2, 0.25) is 0 Å². The van der Waals surface area contributed by atoms with Gasteiger partial charge in [-0.05, 0) is 25.2 Å². The first kappa shape index (κ1) is 14.5. The molecule has 19 heavy (non-hydrogen) atoms. The van der Waals surface area contributed by atoms with E-state index in [1.54, 1.807) is 7.11 Å². The van der Waals surface area contributed by atoms with Gasteiger partial charge in [-0.15, -0.1) is 0 Å². The summed E-state index contributed by atoms with van der Waals surface area (Å²) in [4.78, 5) is 18.9. The van der Waals surface area contributed by atoms with Crippen LogP contribution in [0.3, 0.4) is 0 Å². The molecule has 0 spiro atoms. The van der Waals surface area contributed by atoms with Crippen LogP contribution in [0.5, 0.6) is 0 Å². The van der Waals surface area contributed by atoms with Gasteiger partial charge in [0, 0.05) is 20.2 Å². The van der Waals surface area contributed by atoms with Gasteiger partial charge < -0.3 is 9.64 Å². The molecule has 0 aliphatic carbocycles. The Morgan fingerprint density at radius 3 is 3.11 bits per heavy atom. The van der Waals surface area contributed by atoms with E-state index < -0.39 is 0 Å². The van der Waals surface area contributed by atoms with Gasteiger partial charge in [-0.25, -0.2) is 4.98 Å². The highest BCUT2D eigenvalue weighted by Crippen LogP contribution is 2.29. The van der Waals surface area contributed by atoms with Gasteiger partial charge in [0.2, 0.25) is 0 Å². The molecule has 1 aromatic heterocycles. The number of rotatable bonds is 6. The van der Waals surface area contributed by atoms with Gasteiger partial charge in [0.25, 0.3) is 0 Å². The van der Waals surface area contributed by atoms with E-state index in [4.69, 9.17) is 4.74 Å². The molecule has 0 aromatic carbocycles. The van der Waals surface area contributed by atoms with E-state index in [0.29, 0.717) is 5.92 Å². The van der Waals surface area contributed by atoms with Crippen LogP contribution >= 0.6 is 11.3 Å². The molecule has 0 bridgehead atoms. The Labute approximate surface area is 118 Å². The van der Waals surface area contributed by atoms with E-state index in [-0.39, 0.29) is 0 Å². The van der Waals surface area contributed by atoms with Gasteiger partial charge >= 0.3 is 0 Å². The van der Waals surface area contributed by atoms with Crippen molar-refractivity contribution in [3.8, 4) is 0 Å². The molecule has 5 heteroatoms. The minimum Gasteiger partial charge on any atom is -0.384 e. The number of ether oxygens (including phenoxy) is 1. The molecule has 1 aromatic rings. The summed E-state index contributed by atoms with van der Waals surface area (Å²) >= 11 is 1.53. The van der Waals surface area contributed by atoms with Crippen molar-refractivity contribution in [3.63, 3.8) is 0 Å². The van der Waals surface area contributed by atoms with Gasteiger partial charge in [-0.3, -0.25) is 4.79 Å². The first-order valence-electron chi connectivity index (χ1n) is 6.97. The van der Waals surface area contributed by atoms with Crippen LogP contribution in [0.15, 0.2) is 0 Å². The molecule has 106 valence electrons. The van der Waals surface area contributed by atoms with E-state index >= 15 is 0 Å². The van der Waals surface area contributed by atoms with Crippen LogP contribution in [0, 0.1) is 5.92 Å². The smallest absolute Gasteiger partial charge is 0.186 e. The number of carbonyl (C=O) groups is 1. The van der Waals surface area contributed by atoms with Crippen molar-refractivity contribution >= 4 is 22.8 Å². The van der Waals surface area contributed by atoms with Crippen LogP contribution in [0.1, 0.15) is 41.6 Å². The third-order valence-corrected chi connectivity index (χ3v) is 4.59. The predicted octanol–water partition coefficient (Wildman–Crippen LogP) is 2.77. The Morgan fingerprint density at radius 2 is 2.42 bits per heavy atom. The quantitative estimate of drug-likeness (QED) is 0.752. The van der Waals surface area contributed by atoms with Gasteiger partial charge in [-0.2, -0.15) is 0 Å². The molecule has 2 heterocycles. The van der Waals surface area contributed by atoms with Gasteiger partial charge in [-0.1, -0.05) is 24.7 Å². The van der Waals surface area contributed by atoms with Crippen LogP contribution in [-0.2, 0) is 11.2 Å². The second-order valence-electron chi connectivity index (χ2n) is 5.08. The maximum Gasteiger partial charge on any atom is 0.186 e. The van der Waals surface area contributed by atoms with E-state index in [9.17, 15) is 4.79 Å². The highest BCUT2D eigenvalue weighted by Gasteiger charge is 2.23. The first-order valence-corrected chi connectivity index (χ1v) is 7.78. The highest BCUT2D eigenvalue weighted by atomic mass is 32.1. The van der Waals surface area contributed by atoms with Crippen LogP contribution < -0.4 is 4.90 Å². The molecule has 4 nitrogen and oxygen atoms in total. The van der Waals surface area contributed by atoms with Crippen molar-refractivity contribution in [2.45, 2.75) is 32.6 Å². The Hall–Kier alpha value is -0.940. The minimum atomic E-state index is 0.581.